The largest absolute Gasteiger partial charge is 0.383 e. The van der Waals surface area contributed by atoms with Crippen LogP contribution in [0.2, 0.25) is 0 Å². The summed E-state index contributed by atoms with van der Waals surface area (Å²) < 4.78 is 4.80. The molecule has 0 saturated carbocycles. The lowest BCUT2D eigenvalue weighted by Gasteiger charge is -2.18. The second-order valence-corrected chi connectivity index (χ2v) is 4.08. The number of hydrogen-bond acceptors (Lipinski definition) is 4. The fraction of sp³-hybridized carbons (Fsp3) is 0.462. The van der Waals surface area contributed by atoms with Gasteiger partial charge in [-0.15, -0.1) is 12.4 Å². The molecule has 0 aliphatic rings. The first-order chi connectivity index (χ1) is 8.65. The highest BCUT2D eigenvalue weighted by atomic mass is 35.5. The minimum Gasteiger partial charge on any atom is -0.383 e. The van der Waals surface area contributed by atoms with E-state index in [1.54, 1.807) is 7.11 Å². The maximum Gasteiger partial charge on any atom is 0.250 e. The molecular formula is C13H21ClN2O3. The van der Waals surface area contributed by atoms with E-state index in [0.717, 1.165) is 5.56 Å². The van der Waals surface area contributed by atoms with E-state index in [9.17, 15) is 9.90 Å². The Balaban J connectivity index is 0.00000324. The van der Waals surface area contributed by atoms with E-state index in [2.05, 4.69) is 5.32 Å². The van der Waals surface area contributed by atoms with Crippen LogP contribution in [-0.2, 0) is 16.0 Å². The summed E-state index contributed by atoms with van der Waals surface area (Å²) in [6.45, 7) is 0.775. The molecule has 1 aromatic rings. The lowest BCUT2D eigenvalue weighted by molar-refractivity contribution is -0.130. The van der Waals surface area contributed by atoms with Gasteiger partial charge in [-0.1, -0.05) is 30.3 Å². The number of nitrogens with two attached hydrogens (primary N) is 1. The van der Waals surface area contributed by atoms with Crippen LogP contribution in [0.4, 0.5) is 0 Å². The molecule has 0 spiro atoms. The number of ether oxygens (including phenoxy) is 1. The van der Waals surface area contributed by atoms with Gasteiger partial charge in [0.25, 0.3) is 5.91 Å². The Morgan fingerprint density at radius 2 is 2.05 bits per heavy atom. The molecule has 0 aliphatic heterocycles. The lowest BCUT2D eigenvalue weighted by atomic mass is 10.0. The van der Waals surface area contributed by atoms with Crippen molar-refractivity contribution in [2.24, 2.45) is 5.73 Å². The Morgan fingerprint density at radius 1 is 1.42 bits per heavy atom. The van der Waals surface area contributed by atoms with Crippen LogP contribution in [0.25, 0.3) is 0 Å². The van der Waals surface area contributed by atoms with Crippen LogP contribution in [0.1, 0.15) is 5.56 Å². The molecule has 0 saturated heterocycles. The van der Waals surface area contributed by atoms with Gasteiger partial charge >= 0.3 is 0 Å². The highest BCUT2D eigenvalue weighted by Gasteiger charge is 2.22. The average Bonchev–Trinajstić information content (AvgIpc) is 2.39. The molecule has 1 aromatic carbocycles. The summed E-state index contributed by atoms with van der Waals surface area (Å²) in [5, 5.41) is 12.3. The number of methoxy groups -OCH3 is 1. The molecule has 2 atom stereocenters. The van der Waals surface area contributed by atoms with E-state index in [1.165, 1.54) is 0 Å². The average molecular weight is 289 g/mol. The van der Waals surface area contributed by atoms with E-state index >= 15 is 0 Å². The number of nitrogens with one attached hydrogen (secondary N) is 1. The summed E-state index contributed by atoms with van der Waals surface area (Å²) in [6.07, 6.45) is -0.748. The molecule has 108 valence electrons. The van der Waals surface area contributed by atoms with Crippen molar-refractivity contribution in [3.05, 3.63) is 35.9 Å². The molecule has 0 aliphatic carbocycles. The molecule has 1 amide bonds. The zero-order valence-corrected chi connectivity index (χ0v) is 11.7. The first-order valence-electron chi connectivity index (χ1n) is 5.89. The zero-order valence-electron chi connectivity index (χ0n) is 10.9. The van der Waals surface area contributed by atoms with Crippen LogP contribution in [0.5, 0.6) is 0 Å². The second kappa shape index (κ2) is 9.75. The van der Waals surface area contributed by atoms with Crippen LogP contribution in [-0.4, -0.2) is 43.4 Å². The molecular weight excluding hydrogens is 268 g/mol. The van der Waals surface area contributed by atoms with Gasteiger partial charge in [0.15, 0.2) is 0 Å². The fourth-order valence-electron chi connectivity index (χ4n) is 1.57. The summed E-state index contributed by atoms with van der Waals surface area (Å²) in [6, 6.07) is 8.91. The fourth-order valence-corrected chi connectivity index (χ4v) is 1.57. The number of benzene rings is 1. The van der Waals surface area contributed by atoms with Crippen molar-refractivity contribution in [2.75, 3.05) is 20.3 Å². The standard InChI is InChI=1S/C13H20N2O3.ClH/c1-18-8-7-15-13(17)12(16)11(14)9-10-5-3-2-4-6-10;/h2-6,11-12,16H,7-9,14H2,1H3,(H,15,17);1H. The number of hydrogen-bond donors (Lipinski definition) is 3. The maximum absolute atomic E-state index is 11.6. The minimum atomic E-state index is -1.21. The van der Waals surface area contributed by atoms with Crippen LogP contribution < -0.4 is 11.1 Å². The molecule has 0 fully saturated rings. The molecule has 0 bridgehead atoms. The van der Waals surface area contributed by atoms with E-state index in [1.807, 2.05) is 30.3 Å². The first kappa shape index (κ1) is 17.9. The SMILES string of the molecule is COCCNC(=O)C(O)C(N)Cc1ccccc1.Cl. The Morgan fingerprint density at radius 3 is 2.63 bits per heavy atom. The Labute approximate surface area is 119 Å². The van der Waals surface area contributed by atoms with Crippen molar-refractivity contribution < 1.29 is 14.6 Å². The third kappa shape index (κ3) is 6.54. The van der Waals surface area contributed by atoms with Crippen molar-refractivity contribution in [3.63, 3.8) is 0 Å². The number of rotatable bonds is 7. The summed E-state index contributed by atoms with van der Waals surface area (Å²) >= 11 is 0. The third-order valence-electron chi connectivity index (χ3n) is 2.59. The highest BCUT2D eigenvalue weighted by molar-refractivity contribution is 5.85. The van der Waals surface area contributed by atoms with Gasteiger partial charge in [0.05, 0.1) is 6.61 Å². The molecule has 0 heterocycles. The second-order valence-electron chi connectivity index (χ2n) is 4.08. The minimum absolute atomic E-state index is 0. The number of carbonyl (C=O) groups is 1. The van der Waals surface area contributed by atoms with Crippen LogP contribution in [0.3, 0.4) is 0 Å². The Bertz CT molecular complexity index is 362. The summed E-state index contributed by atoms with van der Waals surface area (Å²) in [5.41, 5.74) is 6.81. The number of aliphatic hydroxyl groups is 1. The monoisotopic (exact) mass is 288 g/mol. The van der Waals surface area contributed by atoms with Crippen LogP contribution >= 0.6 is 12.4 Å². The predicted octanol–water partition coefficient (Wildman–Crippen LogP) is 0.102. The number of amides is 1. The smallest absolute Gasteiger partial charge is 0.250 e. The molecule has 0 aromatic heterocycles. The molecule has 0 radical (unpaired) electrons. The van der Waals surface area contributed by atoms with Gasteiger partial charge in [0, 0.05) is 19.7 Å². The van der Waals surface area contributed by atoms with Crippen molar-refractivity contribution in [2.45, 2.75) is 18.6 Å². The molecule has 5 nitrogen and oxygen atoms in total. The van der Waals surface area contributed by atoms with Crippen molar-refractivity contribution in [1.29, 1.82) is 0 Å². The van der Waals surface area contributed by atoms with Gasteiger partial charge in [-0.2, -0.15) is 0 Å². The van der Waals surface area contributed by atoms with E-state index in [-0.39, 0.29) is 12.4 Å². The van der Waals surface area contributed by atoms with Gasteiger partial charge in [-0.05, 0) is 12.0 Å². The molecule has 2 unspecified atom stereocenters. The predicted molar refractivity (Wildman–Crippen MR) is 76.3 cm³/mol. The van der Waals surface area contributed by atoms with Crippen molar-refractivity contribution in [3.8, 4) is 0 Å². The van der Waals surface area contributed by atoms with Crippen molar-refractivity contribution >= 4 is 18.3 Å². The van der Waals surface area contributed by atoms with E-state index in [0.29, 0.717) is 19.6 Å². The summed E-state index contributed by atoms with van der Waals surface area (Å²) in [5.74, 6) is -0.463. The lowest BCUT2D eigenvalue weighted by Crippen LogP contribution is -2.48. The van der Waals surface area contributed by atoms with Gasteiger partial charge in [-0.25, -0.2) is 0 Å². The van der Waals surface area contributed by atoms with E-state index in [4.69, 9.17) is 10.5 Å². The van der Waals surface area contributed by atoms with Gasteiger partial charge < -0.3 is 20.9 Å². The highest BCUT2D eigenvalue weighted by Crippen LogP contribution is 2.04. The quantitative estimate of drug-likeness (QED) is 0.622. The van der Waals surface area contributed by atoms with E-state index < -0.39 is 18.1 Å². The topological polar surface area (TPSA) is 84.6 Å². The Hall–Kier alpha value is -1.14. The molecule has 19 heavy (non-hydrogen) atoms. The number of aliphatic hydroxyl groups excluding tert-OH is 1. The number of carbonyl (C=O) groups excluding carboxylic acids is 1. The molecule has 4 N–H and O–H groups in total. The third-order valence-corrected chi connectivity index (χ3v) is 2.59. The molecule has 6 heteroatoms. The van der Waals surface area contributed by atoms with Crippen LogP contribution in [0, 0.1) is 0 Å². The Kier molecular flexibility index (Phi) is 9.16. The van der Waals surface area contributed by atoms with Gasteiger partial charge in [0.1, 0.15) is 6.10 Å². The summed E-state index contributed by atoms with van der Waals surface area (Å²) in [4.78, 5) is 11.6. The molecule has 1 rings (SSSR count). The van der Waals surface area contributed by atoms with Gasteiger partial charge in [0.2, 0.25) is 0 Å². The zero-order chi connectivity index (χ0) is 13.4. The van der Waals surface area contributed by atoms with Crippen molar-refractivity contribution in [1.82, 2.24) is 5.32 Å². The first-order valence-corrected chi connectivity index (χ1v) is 5.89. The van der Waals surface area contributed by atoms with Crippen LogP contribution in [0.15, 0.2) is 30.3 Å². The maximum atomic E-state index is 11.6. The number of halogens is 1. The normalized spacial score (nSPS) is 13.2. The summed E-state index contributed by atoms with van der Waals surface area (Å²) in [7, 11) is 1.55. The van der Waals surface area contributed by atoms with Gasteiger partial charge in [-0.3, -0.25) is 4.79 Å².